The third-order valence-electron chi connectivity index (χ3n) is 5.53. The number of rotatable bonds is 10. The highest BCUT2D eigenvalue weighted by Gasteiger charge is 2.25. The number of amides is 1. The Morgan fingerprint density at radius 1 is 1.31 bits per heavy atom. The molecule has 2 unspecified atom stereocenters. The van der Waals surface area contributed by atoms with Crippen LogP contribution >= 0.6 is 24.0 Å². The molecule has 2 heterocycles. The van der Waals surface area contributed by atoms with Crippen LogP contribution in [0.15, 0.2) is 29.3 Å². The van der Waals surface area contributed by atoms with Crippen molar-refractivity contribution in [1.82, 2.24) is 10.2 Å². The minimum absolute atomic E-state index is 0. The molecule has 2 aliphatic rings. The molecule has 0 aliphatic carbocycles. The van der Waals surface area contributed by atoms with Gasteiger partial charge >= 0.3 is 0 Å². The maximum absolute atomic E-state index is 12.3. The number of ether oxygens (including phenoxy) is 3. The molecule has 32 heavy (non-hydrogen) atoms. The first kappa shape index (κ1) is 26.8. The first-order valence-electron chi connectivity index (χ1n) is 11.3. The smallest absolute Gasteiger partial charge is 0.253 e. The summed E-state index contributed by atoms with van der Waals surface area (Å²) in [6.07, 6.45) is 2.50. The van der Waals surface area contributed by atoms with E-state index in [1.165, 1.54) is 0 Å². The standard InChI is InChI=1S/C23H36N4O4.HI/c1-3-24-23(27-10-9-19(16-27)17-30-13-12-29-2)25-15-18-6-4-7-20(14-18)26-22(28)21-8-5-11-31-21;/h4,6-7,14,19,21H,3,5,8-13,15-17H2,1-2H3,(H,24,25)(H,26,28);1H. The molecule has 0 radical (unpaired) electrons. The van der Waals surface area contributed by atoms with E-state index in [0.29, 0.717) is 32.3 Å². The molecular weight excluding hydrogens is 523 g/mol. The number of likely N-dealkylation sites (tertiary alicyclic amines) is 1. The molecule has 1 aromatic rings. The van der Waals surface area contributed by atoms with E-state index in [-0.39, 0.29) is 36.0 Å². The van der Waals surface area contributed by atoms with Crippen LogP contribution in [-0.2, 0) is 25.5 Å². The largest absolute Gasteiger partial charge is 0.382 e. The van der Waals surface area contributed by atoms with Crippen molar-refractivity contribution < 1.29 is 19.0 Å². The summed E-state index contributed by atoms with van der Waals surface area (Å²) in [5, 5.41) is 6.37. The van der Waals surface area contributed by atoms with Crippen molar-refractivity contribution in [3.8, 4) is 0 Å². The average Bonchev–Trinajstić information content (AvgIpc) is 3.47. The number of carbonyl (C=O) groups is 1. The first-order chi connectivity index (χ1) is 15.2. The Hall–Kier alpha value is -1.43. The molecule has 3 rings (SSSR count). The van der Waals surface area contributed by atoms with E-state index in [0.717, 1.165) is 62.7 Å². The van der Waals surface area contributed by atoms with Gasteiger partial charge in [0.1, 0.15) is 6.10 Å². The Morgan fingerprint density at radius 2 is 2.19 bits per heavy atom. The van der Waals surface area contributed by atoms with Gasteiger partial charge in [-0.05, 0) is 43.9 Å². The molecule has 0 aromatic heterocycles. The summed E-state index contributed by atoms with van der Waals surface area (Å²) in [7, 11) is 1.69. The van der Waals surface area contributed by atoms with Crippen molar-refractivity contribution in [3.05, 3.63) is 29.8 Å². The lowest BCUT2D eigenvalue weighted by Crippen LogP contribution is -2.40. The minimum Gasteiger partial charge on any atom is -0.382 e. The van der Waals surface area contributed by atoms with Crippen molar-refractivity contribution in [2.45, 2.75) is 38.8 Å². The zero-order chi connectivity index (χ0) is 21.9. The fourth-order valence-corrected chi connectivity index (χ4v) is 3.90. The third-order valence-corrected chi connectivity index (χ3v) is 5.53. The summed E-state index contributed by atoms with van der Waals surface area (Å²) in [6, 6.07) is 7.87. The van der Waals surface area contributed by atoms with Crippen LogP contribution < -0.4 is 10.6 Å². The topological polar surface area (TPSA) is 84.4 Å². The number of guanidine groups is 1. The fraction of sp³-hybridized carbons (Fsp3) is 0.652. The van der Waals surface area contributed by atoms with Gasteiger partial charge in [-0.1, -0.05) is 12.1 Å². The molecule has 0 bridgehead atoms. The maximum Gasteiger partial charge on any atom is 0.253 e. The zero-order valence-electron chi connectivity index (χ0n) is 19.2. The minimum atomic E-state index is -0.330. The van der Waals surface area contributed by atoms with E-state index >= 15 is 0 Å². The molecule has 2 fully saturated rings. The average molecular weight is 560 g/mol. The van der Waals surface area contributed by atoms with Crippen molar-refractivity contribution in [1.29, 1.82) is 0 Å². The quantitative estimate of drug-likeness (QED) is 0.198. The van der Waals surface area contributed by atoms with Crippen LogP contribution in [0.1, 0.15) is 31.7 Å². The molecule has 2 aliphatic heterocycles. The molecule has 0 saturated carbocycles. The normalized spacial score (nSPS) is 20.8. The summed E-state index contributed by atoms with van der Waals surface area (Å²) in [5.74, 6) is 1.37. The third kappa shape index (κ3) is 8.49. The van der Waals surface area contributed by atoms with Gasteiger partial charge in [-0.2, -0.15) is 0 Å². The van der Waals surface area contributed by atoms with Crippen LogP contribution in [0.2, 0.25) is 0 Å². The highest BCUT2D eigenvalue weighted by atomic mass is 127. The molecular formula is C23H37IN4O4. The van der Waals surface area contributed by atoms with Crippen LogP contribution in [0.5, 0.6) is 0 Å². The zero-order valence-corrected chi connectivity index (χ0v) is 21.5. The number of methoxy groups -OCH3 is 1. The van der Waals surface area contributed by atoms with E-state index in [1.807, 2.05) is 24.3 Å². The van der Waals surface area contributed by atoms with Crippen LogP contribution in [0.25, 0.3) is 0 Å². The Labute approximate surface area is 208 Å². The van der Waals surface area contributed by atoms with Crippen LogP contribution in [-0.4, -0.2) is 76.0 Å². The van der Waals surface area contributed by atoms with Crippen LogP contribution in [0.3, 0.4) is 0 Å². The summed E-state index contributed by atoms with van der Waals surface area (Å²) in [5.41, 5.74) is 1.84. The molecule has 0 spiro atoms. The van der Waals surface area contributed by atoms with Gasteiger partial charge < -0.3 is 29.7 Å². The van der Waals surface area contributed by atoms with E-state index < -0.39 is 0 Å². The first-order valence-corrected chi connectivity index (χ1v) is 11.3. The monoisotopic (exact) mass is 560 g/mol. The number of anilines is 1. The number of nitrogens with one attached hydrogen (secondary N) is 2. The molecule has 2 N–H and O–H groups in total. The number of aliphatic imine (C=N–C) groups is 1. The lowest BCUT2D eigenvalue weighted by atomic mass is 10.1. The van der Waals surface area contributed by atoms with E-state index in [9.17, 15) is 4.79 Å². The summed E-state index contributed by atoms with van der Waals surface area (Å²) < 4.78 is 16.2. The SMILES string of the molecule is CCNC(=NCc1cccc(NC(=O)C2CCCO2)c1)N1CCC(COCCOC)C1.I. The van der Waals surface area contributed by atoms with Gasteiger partial charge in [-0.25, -0.2) is 4.99 Å². The van der Waals surface area contributed by atoms with Crippen molar-refractivity contribution >= 4 is 41.5 Å². The second kappa shape index (κ2) is 14.7. The lowest BCUT2D eigenvalue weighted by molar-refractivity contribution is -0.124. The molecule has 1 amide bonds. The van der Waals surface area contributed by atoms with E-state index in [1.54, 1.807) is 7.11 Å². The Kier molecular flexibility index (Phi) is 12.3. The number of hydrogen-bond acceptors (Lipinski definition) is 5. The molecule has 180 valence electrons. The predicted octanol–water partition coefficient (Wildman–Crippen LogP) is 2.87. The van der Waals surface area contributed by atoms with Gasteiger partial charge in [-0.15, -0.1) is 24.0 Å². The van der Waals surface area contributed by atoms with E-state index in [2.05, 4.69) is 22.5 Å². The van der Waals surface area contributed by atoms with Crippen molar-refractivity contribution in [2.75, 3.05) is 58.5 Å². The number of carbonyl (C=O) groups excluding carboxylic acids is 1. The molecule has 1 aromatic carbocycles. The van der Waals surface area contributed by atoms with Crippen LogP contribution in [0, 0.1) is 5.92 Å². The van der Waals surface area contributed by atoms with Crippen LogP contribution in [0.4, 0.5) is 5.69 Å². The Bertz CT molecular complexity index is 728. The molecule has 9 heteroatoms. The lowest BCUT2D eigenvalue weighted by Gasteiger charge is -2.21. The summed E-state index contributed by atoms with van der Waals surface area (Å²) in [6.45, 7) is 8.06. The van der Waals surface area contributed by atoms with Gasteiger partial charge in [0.2, 0.25) is 0 Å². The fourth-order valence-electron chi connectivity index (χ4n) is 3.90. The van der Waals surface area contributed by atoms with Gasteiger partial charge in [0.15, 0.2) is 5.96 Å². The van der Waals surface area contributed by atoms with Gasteiger partial charge in [0.25, 0.3) is 5.91 Å². The molecule has 2 saturated heterocycles. The number of hydrogen-bond donors (Lipinski definition) is 2. The van der Waals surface area contributed by atoms with E-state index in [4.69, 9.17) is 19.2 Å². The Balaban J connectivity index is 0.00000363. The van der Waals surface area contributed by atoms with Crippen molar-refractivity contribution in [2.24, 2.45) is 10.9 Å². The molecule has 2 atom stereocenters. The predicted molar refractivity (Wildman–Crippen MR) is 137 cm³/mol. The highest BCUT2D eigenvalue weighted by molar-refractivity contribution is 14.0. The summed E-state index contributed by atoms with van der Waals surface area (Å²) >= 11 is 0. The number of halogens is 1. The second-order valence-corrected chi connectivity index (χ2v) is 8.03. The number of benzene rings is 1. The van der Waals surface area contributed by atoms with Crippen molar-refractivity contribution in [3.63, 3.8) is 0 Å². The van der Waals surface area contributed by atoms with Gasteiger partial charge in [0.05, 0.1) is 26.4 Å². The summed E-state index contributed by atoms with van der Waals surface area (Å²) in [4.78, 5) is 19.4. The second-order valence-electron chi connectivity index (χ2n) is 8.03. The highest BCUT2D eigenvalue weighted by Crippen LogP contribution is 2.19. The number of nitrogens with zero attached hydrogens (tertiary/aromatic N) is 2. The van der Waals surface area contributed by atoms with Gasteiger partial charge in [-0.3, -0.25) is 4.79 Å². The molecule has 8 nitrogen and oxygen atoms in total. The van der Waals surface area contributed by atoms with Gasteiger partial charge in [0, 0.05) is 45.0 Å². The Morgan fingerprint density at radius 3 is 2.94 bits per heavy atom. The maximum atomic E-state index is 12.3.